The topological polar surface area (TPSA) is 52.7 Å². The number of benzene rings is 2. The lowest BCUT2D eigenvalue weighted by atomic mass is 10.2. The van der Waals surface area contributed by atoms with E-state index in [2.05, 4.69) is 22.3 Å². The number of hydrogen-bond acceptors (Lipinski definition) is 3. The number of piperazine rings is 1. The first-order chi connectivity index (χ1) is 14.0. The van der Waals surface area contributed by atoms with Crippen LogP contribution in [0.5, 0.6) is 0 Å². The van der Waals surface area contributed by atoms with Crippen molar-refractivity contribution < 1.29 is 9.59 Å². The van der Waals surface area contributed by atoms with Crippen molar-refractivity contribution in [2.45, 2.75) is 6.42 Å². The molecule has 7 heteroatoms. The van der Waals surface area contributed by atoms with E-state index in [1.807, 2.05) is 23.1 Å². The van der Waals surface area contributed by atoms with Gasteiger partial charge in [-0.2, -0.15) is 0 Å². The van der Waals surface area contributed by atoms with Gasteiger partial charge in [0.15, 0.2) is 0 Å². The molecule has 0 aliphatic carbocycles. The summed E-state index contributed by atoms with van der Waals surface area (Å²) in [7, 11) is 0. The van der Waals surface area contributed by atoms with Crippen LogP contribution in [0.25, 0.3) is 6.08 Å². The predicted octanol–water partition coefficient (Wildman–Crippen LogP) is 3.86. The van der Waals surface area contributed by atoms with Crippen molar-refractivity contribution in [2.24, 2.45) is 0 Å². The second kappa shape index (κ2) is 10.3. The molecule has 1 N–H and O–H groups in total. The Morgan fingerprint density at radius 3 is 2.38 bits per heavy atom. The van der Waals surface area contributed by atoms with Crippen LogP contribution in [0.15, 0.2) is 54.6 Å². The van der Waals surface area contributed by atoms with Crippen molar-refractivity contribution in [1.82, 2.24) is 10.2 Å². The predicted molar refractivity (Wildman–Crippen MR) is 118 cm³/mol. The molecule has 152 valence electrons. The van der Waals surface area contributed by atoms with E-state index in [1.54, 1.807) is 24.3 Å². The highest BCUT2D eigenvalue weighted by Gasteiger charge is 2.20. The molecular weight excluding hydrogens is 409 g/mol. The summed E-state index contributed by atoms with van der Waals surface area (Å²) in [6.45, 7) is 3.32. The Morgan fingerprint density at radius 2 is 1.69 bits per heavy atom. The third-order valence-corrected chi connectivity index (χ3v) is 5.50. The number of nitrogens with zero attached hydrogens (tertiary/aromatic N) is 2. The number of rotatable bonds is 6. The smallest absolute Gasteiger partial charge is 0.244 e. The molecule has 0 radical (unpaired) electrons. The van der Waals surface area contributed by atoms with Gasteiger partial charge in [0.25, 0.3) is 0 Å². The summed E-state index contributed by atoms with van der Waals surface area (Å²) in [5.74, 6) is -0.191. The molecule has 5 nitrogen and oxygen atoms in total. The van der Waals surface area contributed by atoms with Crippen molar-refractivity contribution in [2.75, 3.05) is 37.6 Å². The van der Waals surface area contributed by atoms with E-state index in [-0.39, 0.29) is 18.2 Å². The summed E-state index contributed by atoms with van der Waals surface area (Å²) >= 11 is 11.8. The molecule has 0 atom stereocenters. The van der Waals surface area contributed by atoms with Crippen LogP contribution in [0.4, 0.5) is 5.69 Å². The number of carbonyl (C=O) groups is 2. The van der Waals surface area contributed by atoms with E-state index in [0.717, 1.165) is 18.7 Å². The van der Waals surface area contributed by atoms with Gasteiger partial charge in [0.2, 0.25) is 11.8 Å². The number of halogens is 2. The number of para-hydroxylation sites is 1. The lowest BCUT2D eigenvalue weighted by molar-refractivity contribution is -0.131. The van der Waals surface area contributed by atoms with Gasteiger partial charge in [-0.1, -0.05) is 47.5 Å². The maximum atomic E-state index is 12.4. The van der Waals surface area contributed by atoms with Crippen molar-refractivity contribution in [3.05, 3.63) is 70.2 Å². The number of anilines is 1. The molecular formula is C22H23Cl2N3O2. The molecule has 1 fully saturated rings. The fraction of sp³-hybridized carbons (Fsp3) is 0.273. The fourth-order valence-corrected chi connectivity index (χ4v) is 3.46. The molecule has 3 rings (SSSR count). The highest BCUT2D eigenvalue weighted by Crippen LogP contribution is 2.23. The molecule has 1 aliphatic heterocycles. The maximum Gasteiger partial charge on any atom is 0.244 e. The Balaban J connectivity index is 1.38. The van der Waals surface area contributed by atoms with Gasteiger partial charge in [-0.05, 0) is 35.9 Å². The van der Waals surface area contributed by atoms with E-state index < -0.39 is 0 Å². The number of carbonyl (C=O) groups excluding carboxylic acids is 2. The van der Waals surface area contributed by atoms with Crippen LogP contribution in [0.2, 0.25) is 10.0 Å². The van der Waals surface area contributed by atoms with E-state index in [9.17, 15) is 9.59 Å². The van der Waals surface area contributed by atoms with Crippen LogP contribution in [0.3, 0.4) is 0 Å². The molecule has 1 saturated heterocycles. The first-order valence-corrected chi connectivity index (χ1v) is 10.3. The van der Waals surface area contributed by atoms with Crippen molar-refractivity contribution >= 4 is 46.8 Å². The Kier molecular flexibility index (Phi) is 7.55. The minimum Gasteiger partial charge on any atom is -0.368 e. The number of amides is 2. The van der Waals surface area contributed by atoms with Gasteiger partial charge in [0.1, 0.15) is 0 Å². The standard InChI is InChI=1S/C22H23Cl2N3O2/c23-19-8-6-17(16-20(19)24)7-9-21(28)25-11-10-22(29)27-14-12-26(13-15-27)18-4-2-1-3-5-18/h1-9,16H,10-15H2,(H,25,28)/b9-7+. The average Bonchev–Trinajstić information content (AvgIpc) is 2.75. The molecule has 29 heavy (non-hydrogen) atoms. The first kappa shape index (κ1) is 21.2. The summed E-state index contributed by atoms with van der Waals surface area (Å²) < 4.78 is 0. The Labute approximate surface area is 180 Å². The second-order valence-corrected chi connectivity index (χ2v) is 7.57. The van der Waals surface area contributed by atoms with Gasteiger partial charge < -0.3 is 15.1 Å². The van der Waals surface area contributed by atoms with Crippen LogP contribution in [-0.4, -0.2) is 49.4 Å². The van der Waals surface area contributed by atoms with Crippen molar-refractivity contribution in [3.63, 3.8) is 0 Å². The summed E-state index contributed by atoms with van der Waals surface area (Å²) in [6, 6.07) is 15.3. The molecule has 1 aliphatic rings. The van der Waals surface area contributed by atoms with E-state index in [0.29, 0.717) is 29.7 Å². The molecule has 2 amide bonds. The molecule has 0 aromatic heterocycles. The van der Waals surface area contributed by atoms with Gasteiger partial charge in [-0.3, -0.25) is 9.59 Å². The summed E-state index contributed by atoms with van der Waals surface area (Å²) in [4.78, 5) is 28.5. The van der Waals surface area contributed by atoms with E-state index in [1.165, 1.54) is 11.8 Å². The van der Waals surface area contributed by atoms with Gasteiger partial charge in [0, 0.05) is 50.9 Å². The van der Waals surface area contributed by atoms with Gasteiger partial charge in [-0.15, -0.1) is 0 Å². The van der Waals surface area contributed by atoms with Gasteiger partial charge >= 0.3 is 0 Å². The monoisotopic (exact) mass is 431 g/mol. The highest BCUT2D eigenvalue weighted by atomic mass is 35.5. The summed E-state index contributed by atoms with van der Waals surface area (Å²) in [6.07, 6.45) is 3.36. The second-order valence-electron chi connectivity index (χ2n) is 6.75. The normalized spacial score (nSPS) is 14.3. The third-order valence-electron chi connectivity index (χ3n) is 4.76. The zero-order valence-corrected chi connectivity index (χ0v) is 17.5. The minimum absolute atomic E-state index is 0.0616. The molecule has 0 unspecified atom stereocenters. The Hall–Kier alpha value is -2.50. The van der Waals surface area contributed by atoms with Crippen LogP contribution in [-0.2, 0) is 9.59 Å². The molecule has 0 spiro atoms. The zero-order chi connectivity index (χ0) is 20.6. The molecule has 0 saturated carbocycles. The Morgan fingerprint density at radius 1 is 0.966 bits per heavy atom. The summed E-state index contributed by atoms with van der Waals surface area (Å²) in [5, 5.41) is 3.65. The van der Waals surface area contributed by atoms with E-state index in [4.69, 9.17) is 23.2 Å². The number of nitrogens with one attached hydrogen (secondary N) is 1. The average molecular weight is 432 g/mol. The minimum atomic E-state index is -0.252. The summed E-state index contributed by atoms with van der Waals surface area (Å²) in [5.41, 5.74) is 1.96. The van der Waals surface area contributed by atoms with Crippen LogP contribution in [0, 0.1) is 0 Å². The maximum absolute atomic E-state index is 12.4. The van der Waals surface area contributed by atoms with Gasteiger partial charge in [0.05, 0.1) is 10.0 Å². The molecule has 2 aromatic rings. The highest BCUT2D eigenvalue weighted by molar-refractivity contribution is 6.42. The fourth-order valence-electron chi connectivity index (χ4n) is 3.15. The van der Waals surface area contributed by atoms with Crippen LogP contribution in [0.1, 0.15) is 12.0 Å². The molecule has 1 heterocycles. The Bertz CT molecular complexity index is 879. The molecule has 0 bridgehead atoms. The van der Waals surface area contributed by atoms with Gasteiger partial charge in [-0.25, -0.2) is 0 Å². The lowest BCUT2D eigenvalue weighted by Crippen LogP contribution is -2.49. The zero-order valence-electron chi connectivity index (χ0n) is 16.0. The lowest BCUT2D eigenvalue weighted by Gasteiger charge is -2.36. The van der Waals surface area contributed by atoms with Crippen molar-refractivity contribution in [3.8, 4) is 0 Å². The van der Waals surface area contributed by atoms with E-state index >= 15 is 0 Å². The quantitative estimate of drug-likeness (QED) is 0.706. The SMILES string of the molecule is O=C(/C=C/c1ccc(Cl)c(Cl)c1)NCCC(=O)N1CCN(c2ccccc2)CC1. The van der Waals surface area contributed by atoms with Crippen LogP contribution >= 0.6 is 23.2 Å². The third kappa shape index (κ3) is 6.24. The number of hydrogen-bond donors (Lipinski definition) is 1. The van der Waals surface area contributed by atoms with Crippen LogP contribution < -0.4 is 10.2 Å². The molecule has 2 aromatic carbocycles. The largest absolute Gasteiger partial charge is 0.368 e. The first-order valence-electron chi connectivity index (χ1n) is 9.51. The van der Waals surface area contributed by atoms with Crippen molar-refractivity contribution in [1.29, 1.82) is 0 Å².